The number of nitrogens with zero attached hydrogens (tertiary/aromatic N) is 1. The van der Waals surface area contributed by atoms with E-state index >= 15 is 0 Å². The van der Waals surface area contributed by atoms with E-state index in [0.29, 0.717) is 0 Å². The number of ether oxygens (including phenoxy) is 1. The van der Waals surface area contributed by atoms with Crippen LogP contribution in [0.2, 0.25) is 5.02 Å². The molecule has 0 N–H and O–H groups in total. The molecule has 21 heavy (non-hydrogen) atoms. The first kappa shape index (κ1) is 18.8. The Labute approximate surface area is 140 Å². The third-order valence-corrected chi connectivity index (χ3v) is 4.13. The zero-order chi connectivity index (χ0) is 14.0. The van der Waals surface area contributed by atoms with Gasteiger partial charge in [-0.3, -0.25) is 0 Å². The van der Waals surface area contributed by atoms with Gasteiger partial charge in [0.2, 0.25) is 0 Å². The monoisotopic (exact) mass is 330 g/mol. The van der Waals surface area contributed by atoms with Crippen LogP contribution < -0.4 is 12.4 Å². The molecule has 1 aromatic carbocycles. The fourth-order valence-corrected chi connectivity index (χ4v) is 2.83. The van der Waals surface area contributed by atoms with Gasteiger partial charge in [-0.2, -0.15) is 0 Å². The van der Waals surface area contributed by atoms with Gasteiger partial charge in [-0.25, -0.2) is 0 Å². The topological polar surface area (TPSA) is 12.5 Å². The molecule has 2 rings (SSSR count). The Kier molecular flexibility index (Phi) is 10.1. The summed E-state index contributed by atoms with van der Waals surface area (Å²) >= 11 is 5.87. The van der Waals surface area contributed by atoms with E-state index in [1.807, 2.05) is 12.1 Å². The summed E-state index contributed by atoms with van der Waals surface area (Å²) in [6.07, 6.45) is 7.50. The van der Waals surface area contributed by atoms with E-state index in [0.717, 1.165) is 31.1 Å². The minimum atomic E-state index is 0. The molecule has 0 unspecified atom stereocenters. The Bertz CT molecular complexity index is 364. The molecule has 120 valence electrons. The number of aryl methyl sites for hydroxylation is 1. The first-order valence-corrected chi connectivity index (χ1v) is 8.27. The molecule has 1 fully saturated rings. The molecule has 0 spiro atoms. The predicted octanol–water partition coefficient (Wildman–Crippen LogP) is 1.17. The van der Waals surface area contributed by atoms with Crippen LogP contribution in [-0.4, -0.2) is 37.7 Å². The van der Waals surface area contributed by atoms with Crippen molar-refractivity contribution in [2.24, 2.45) is 0 Å². The van der Waals surface area contributed by atoms with Crippen LogP contribution in [0.4, 0.5) is 0 Å². The second-order valence-electron chi connectivity index (χ2n) is 5.60. The Hall–Kier alpha value is -0.280. The number of hydrogen-bond donors (Lipinski definition) is 0. The fraction of sp³-hybridized carbons (Fsp3) is 0.647. The van der Waals surface area contributed by atoms with Gasteiger partial charge in [0.15, 0.2) is 0 Å². The van der Waals surface area contributed by atoms with Gasteiger partial charge < -0.3 is 22.0 Å². The molecule has 1 aromatic rings. The van der Waals surface area contributed by atoms with Gasteiger partial charge >= 0.3 is 0 Å². The highest BCUT2D eigenvalue weighted by Gasteiger charge is 2.08. The van der Waals surface area contributed by atoms with Gasteiger partial charge in [0, 0.05) is 24.8 Å². The van der Waals surface area contributed by atoms with Crippen LogP contribution in [0.1, 0.15) is 37.7 Å². The summed E-state index contributed by atoms with van der Waals surface area (Å²) in [6.45, 7) is 5.55. The lowest BCUT2D eigenvalue weighted by Gasteiger charge is -2.26. The summed E-state index contributed by atoms with van der Waals surface area (Å²) in [4.78, 5) is 2.57. The molecule has 2 nitrogen and oxygen atoms in total. The Morgan fingerprint density at radius 2 is 1.62 bits per heavy atom. The highest BCUT2D eigenvalue weighted by molar-refractivity contribution is 6.30. The highest BCUT2D eigenvalue weighted by Crippen LogP contribution is 2.11. The quantitative estimate of drug-likeness (QED) is 0.663. The van der Waals surface area contributed by atoms with Crippen LogP contribution in [0.25, 0.3) is 0 Å². The van der Waals surface area contributed by atoms with Crippen LogP contribution in [-0.2, 0) is 11.2 Å². The molecule has 1 aliphatic heterocycles. The summed E-state index contributed by atoms with van der Waals surface area (Å²) in [5, 5.41) is 0.808. The van der Waals surface area contributed by atoms with Crippen molar-refractivity contribution in [3.8, 4) is 0 Å². The molecule has 0 atom stereocenters. The lowest BCUT2D eigenvalue weighted by atomic mass is 10.1. The van der Waals surface area contributed by atoms with E-state index < -0.39 is 0 Å². The maximum atomic E-state index is 5.87. The molecule has 0 aliphatic carbocycles. The van der Waals surface area contributed by atoms with E-state index in [4.69, 9.17) is 16.3 Å². The number of halogens is 2. The van der Waals surface area contributed by atoms with Crippen LogP contribution in [0, 0.1) is 0 Å². The average molecular weight is 331 g/mol. The number of rotatable bonds is 8. The minimum absolute atomic E-state index is 0. The van der Waals surface area contributed by atoms with Crippen molar-refractivity contribution in [3.63, 3.8) is 0 Å². The lowest BCUT2D eigenvalue weighted by Crippen LogP contribution is -3.00. The molecule has 1 saturated heterocycles. The molecule has 0 radical (unpaired) electrons. The molecule has 0 amide bonds. The number of piperidine rings is 1. The molecular weight excluding hydrogens is 305 g/mol. The summed E-state index contributed by atoms with van der Waals surface area (Å²) in [7, 11) is 0. The second kappa shape index (κ2) is 11.3. The molecule has 1 aliphatic rings. The molecule has 4 heteroatoms. The van der Waals surface area contributed by atoms with Crippen molar-refractivity contribution in [2.45, 2.75) is 38.5 Å². The molecule has 0 saturated carbocycles. The minimum Gasteiger partial charge on any atom is -1.00 e. The van der Waals surface area contributed by atoms with Gasteiger partial charge in [0.25, 0.3) is 0 Å². The predicted molar refractivity (Wildman–Crippen MR) is 85.5 cm³/mol. The molecule has 0 aromatic heterocycles. The van der Waals surface area contributed by atoms with Gasteiger partial charge in [0.05, 0.1) is 0 Å². The third-order valence-electron chi connectivity index (χ3n) is 3.88. The largest absolute Gasteiger partial charge is 1.00 e. The highest BCUT2D eigenvalue weighted by atomic mass is 35.5. The van der Waals surface area contributed by atoms with E-state index in [1.54, 1.807) is 0 Å². The maximum absolute atomic E-state index is 5.87. The summed E-state index contributed by atoms with van der Waals surface area (Å²) in [6, 6.07) is 8.10. The van der Waals surface area contributed by atoms with Gasteiger partial charge in [-0.15, -0.1) is 0 Å². The van der Waals surface area contributed by atoms with E-state index in [-0.39, 0.29) is 12.4 Å². The maximum Gasteiger partial charge on any atom is 0.0478 e. The van der Waals surface area contributed by atoms with Crippen LogP contribution in [0.15, 0.2) is 24.3 Å². The van der Waals surface area contributed by atoms with Crippen molar-refractivity contribution in [3.05, 3.63) is 34.9 Å². The van der Waals surface area contributed by atoms with Crippen molar-refractivity contribution >= 4 is 11.6 Å². The van der Waals surface area contributed by atoms with Crippen molar-refractivity contribution in [2.75, 3.05) is 32.8 Å². The van der Waals surface area contributed by atoms with Crippen molar-refractivity contribution in [1.82, 2.24) is 4.90 Å². The number of benzene rings is 1. The second-order valence-corrected chi connectivity index (χ2v) is 6.03. The third kappa shape index (κ3) is 8.06. The summed E-state index contributed by atoms with van der Waals surface area (Å²) < 4.78 is 5.72. The van der Waals surface area contributed by atoms with Gasteiger partial charge in [-0.05, 0) is 62.9 Å². The Balaban J connectivity index is 0.00000220. The zero-order valence-corrected chi connectivity index (χ0v) is 14.2. The fourth-order valence-electron chi connectivity index (χ4n) is 2.70. The standard InChI is InChI=1S/C17H26ClNO.ClH/c18-17-9-7-16(8-10-17)6-4-14-20-15-5-13-19-11-2-1-3-12-19;/h7-10H,1-6,11-15H2;1H/p-1. The Morgan fingerprint density at radius 1 is 0.952 bits per heavy atom. The van der Waals surface area contributed by atoms with Crippen LogP contribution in [0.5, 0.6) is 0 Å². The van der Waals surface area contributed by atoms with Crippen molar-refractivity contribution < 1.29 is 17.1 Å². The van der Waals surface area contributed by atoms with Crippen molar-refractivity contribution in [1.29, 1.82) is 0 Å². The number of hydrogen-bond acceptors (Lipinski definition) is 2. The van der Waals surface area contributed by atoms with E-state index in [9.17, 15) is 0 Å². The first-order chi connectivity index (χ1) is 9.84. The van der Waals surface area contributed by atoms with Crippen LogP contribution in [0.3, 0.4) is 0 Å². The first-order valence-electron chi connectivity index (χ1n) is 7.89. The van der Waals surface area contributed by atoms with Crippen LogP contribution >= 0.6 is 11.6 Å². The summed E-state index contributed by atoms with van der Waals surface area (Å²) in [5.41, 5.74) is 1.34. The van der Waals surface area contributed by atoms with Gasteiger partial charge in [-0.1, -0.05) is 30.2 Å². The number of likely N-dealkylation sites (tertiary alicyclic amines) is 1. The van der Waals surface area contributed by atoms with E-state index in [1.165, 1.54) is 50.9 Å². The molecular formula is C17H26Cl2NO-. The zero-order valence-electron chi connectivity index (χ0n) is 12.7. The normalized spacial score (nSPS) is 15.7. The molecule has 1 heterocycles. The SMILES string of the molecule is Clc1ccc(CCCOCCCN2CCCCC2)cc1.[Cl-]. The smallest absolute Gasteiger partial charge is 0.0478 e. The van der Waals surface area contributed by atoms with E-state index in [2.05, 4.69) is 17.0 Å². The Morgan fingerprint density at radius 3 is 2.33 bits per heavy atom. The van der Waals surface area contributed by atoms with Gasteiger partial charge in [0.1, 0.15) is 0 Å². The lowest BCUT2D eigenvalue weighted by molar-refractivity contribution is -0.00000482. The average Bonchev–Trinajstić information content (AvgIpc) is 2.49. The summed E-state index contributed by atoms with van der Waals surface area (Å²) in [5.74, 6) is 0. The molecule has 0 bridgehead atoms.